The Morgan fingerprint density at radius 3 is 1.72 bits per heavy atom. The Balaban J connectivity index is 4.98. The molecule has 0 N–H and O–H groups in total. The molecule has 0 aliphatic rings. The van der Waals surface area contributed by atoms with Crippen LogP contribution in [0.15, 0.2) is 0 Å². The van der Waals surface area contributed by atoms with Crippen molar-refractivity contribution in [2.45, 2.75) is 20.0 Å². The molecule has 0 saturated carbocycles. The van der Waals surface area contributed by atoms with Crippen LogP contribution in [0.2, 0.25) is 0 Å². The lowest BCUT2D eigenvalue weighted by Gasteiger charge is -2.16. The van der Waals surface area contributed by atoms with Crippen LogP contribution in [0.5, 0.6) is 0 Å². The molecule has 0 aliphatic heterocycles. The van der Waals surface area contributed by atoms with Crippen LogP contribution in [-0.2, 0) is 18.6 Å². The number of rotatable bonds is 6. The molecular formula is C8H12F3O6P. The lowest BCUT2D eigenvalue weighted by molar-refractivity contribution is -0.152. The highest BCUT2D eigenvalue weighted by Gasteiger charge is 2.48. The topological polar surface area (TPSA) is 78.9 Å². The highest BCUT2D eigenvalue weighted by atomic mass is 31.2. The predicted octanol–water partition coefficient (Wildman–Crippen LogP) is 3.16. The summed E-state index contributed by atoms with van der Waals surface area (Å²) in [5.74, 6) is 0. The third-order valence-electron chi connectivity index (χ3n) is 1.43. The van der Waals surface area contributed by atoms with Gasteiger partial charge in [0.05, 0.1) is 13.2 Å². The smallest absolute Gasteiger partial charge is 0.413 e. The van der Waals surface area contributed by atoms with E-state index in [1.807, 2.05) is 0 Å². The van der Waals surface area contributed by atoms with Crippen molar-refractivity contribution in [2.75, 3.05) is 19.8 Å². The lowest BCUT2D eigenvalue weighted by atomic mass is 10.7. The van der Waals surface area contributed by atoms with Crippen molar-refractivity contribution in [3.8, 4) is 0 Å². The molecule has 0 unspecified atom stereocenters. The zero-order valence-electron chi connectivity index (χ0n) is 9.65. The van der Waals surface area contributed by atoms with Gasteiger partial charge < -0.3 is 14.0 Å². The first-order valence-corrected chi connectivity index (χ1v) is 6.45. The largest absolute Gasteiger partial charge is 0.458 e. The van der Waals surface area contributed by atoms with Gasteiger partial charge in [0.15, 0.2) is 6.61 Å². The van der Waals surface area contributed by atoms with Crippen molar-refractivity contribution in [3.63, 3.8) is 0 Å². The summed E-state index contributed by atoms with van der Waals surface area (Å²) >= 11 is 0. The number of hydrogen-bond donors (Lipinski definition) is 0. The molecule has 0 radical (unpaired) electrons. The monoisotopic (exact) mass is 292 g/mol. The molecule has 6 nitrogen and oxygen atoms in total. The van der Waals surface area contributed by atoms with Gasteiger partial charge in [0, 0.05) is 0 Å². The normalized spacial score (nSPS) is 12.1. The van der Waals surface area contributed by atoms with E-state index in [9.17, 15) is 27.3 Å². The molecular weight excluding hydrogens is 280 g/mol. The first-order valence-electron chi connectivity index (χ1n) is 4.83. The van der Waals surface area contributed by atoms with E-state index in [1.165, 1.54) is 13.8 Å². The summed E-state index contributed by atoms with van der Waals surface area (Å²) in [7, 11) is -4.97. The van der Waals surface area contributed by atoms with Gasteiger partial charge in [-0.3, -0.25) is 4.57 Å². The van der Waals surface area contributed by atoms with E-state index in [0.29, 0.717) is 0 Å². The maximum Gasteiger partial charge on any atom is 0.413 e. The summed E-state index contributed by atoms with van der Waals surface area (Å²) in [6.45, 7) is 0.116. The number of ether oxygens (including phenoxy) is 2. The van der Waals surface area contributed by atoms with Gasteiger partial charge in [-0.2, -0.15) is 13.2 Å². The SMILES string of the molecule is CCOC(=O)P(=O)(OCC(F)(F)F)C(=O)OCC. The van der Waals surface area contributed by atoms with E-state index in [4.69, 9.17) is 0 Å². The van der Waals surface area contributed by atoms with Crippen LogP contribution in [0.25, 0.3) is 0 Å². The zero-order valence-corrected chi connectivity index (χ0v) is 10.5. The molecule has 0 rings (SSSR count). The van der Waals surface area contributed by atoms with Gasteiger partial charge in [-0.1, -0.05) is 0 Å². The van der Waals surface area contributed by atoms with Gasteiger partial charge in [0.1, 0.15) is 0 Å². The Hall–Kier alpha value is -1.08. The maximum atomic E-state index is 11.9. The van der Waals surface area contributed by atoms with Crippen molar-refractivity contribution in [1.29, 1.82) is 0 Å². The van der Waals surface area contributed by atoms with Gasteiger partial charge in [-0.25, -0.2) is 9.59 Å². The fourth-order valence-corrected chi connectivity index (χ4v) is 2.05. The Labute approximate surface area is 101 Å². The number of alkyl halides is 3. The molecule has 0 saturated heterocycles. The van der Waals surface area contributed by atoms with E-state index in [-0.39, 0.29) is 13.2 Å². The van der Waals surface area contributed by atoms with Gasteiger partial charge in [-0.05, 0) is 13.8 Å². The van der Waals surface area contributed by atoms with Crippen LogP contribution in [0.1, 0.15) is 13.8 Å². The zero-order chi connectivity index (χ0) is 14.4. The first kappa shape index (κ1) is 16.9. The minimum Gasteiger partial charge on any atom is -0.458 e. The minimum atomic E-state index is -4.97. The van der Waals surface area contributed by atoms with E-state index in [0.717, 1.165) is 0 Å². The molecule has 0 aromatic carbocycles. The Kier molecular flexibility index (Phi) is 6.34. The summed E-state index contributed by atoms with van der Waals surface area (Å²) in [4.78, 5) is 22.4. The first-order chi connectivity index (χ1) is 8.17. The highest BCUT2D eigenvalue weighted by Crippen LogP contribution is 2.51. The molecule has 0 spiro atoms. The van der Waals surface area contributed by atoms with E-state index < -0.39 is 31.6 Å². The summed E-state index contributed by atoms with van der Waals surface area (Å²) in [6, 6.07) is 0. The van der Waals surface area contributed by atoms with Crippen molar-refractivity contribution in [1.82, 2.24) is 0 Å². The molecule has 0 heterocycles. The second-order valence-corrected chi connectivity index (χ2v) is 4.93. The van der Waals surface area contributed by atoms with Gasteiger partial charge in [0.25, 0.3) is 0 Å². The van der Waals surface area contributed by atoms with Gasteiger partial charge in [0.2, 0.25) is 0 Å². The summed E-state index contributed by atoms with van der Waals surface area (Å²) in [5, 5.41) is 0. The Morgan fingerprint density at radius 2 is 1.44 bits per heavy atom. The summed E-state index contributed by atoms with van der Waals surface area (Å²) in [6.07, 6.45) is -4.84. The molecule has 0 amide bonds. The van der Waals surface area contributed by atoms with Crippen LogP contribution < -0.4 is 0 Å². The lowest BCUT2D eigenvalue weighted by Crippen LogP contribution is -2.21. The van der Waals surface area contributed by atoms with Crippen molar-refractivity contribution >= 4 is 18.8 Å². The van der Waals surface area contributed by atoms with Crippen LogP contribution >= 0.6 is 7.37 Å². The van der Waals surface area contributed by atoms with Crippen LogP contribution in [-0.4, -0.2) is 37.4 Å². The fourth-order valence-electron chi connectivity index (χ4n) is 0.761. The van der Waals surface area contributed by atoms with Crippen molar-refractivity contribution in [2.24, 2.45) is 0 Å². The summed E-state index contributed by atoms with van der Waals surface area (Å²) in [5.41, 5.74) is -3.32. The number of halogens is 3. The highest BCUT2D eigenvalue weighted by molar-refractivity contribution is 7.89. The van der Waals surface area contributed by atoms with Crippen LogP contribution in [0.3, 0.4) is 0 Å². The molecule has 0 aliphatic carbocycles. The molecule has 0 aromatic rings. The molecule has 18 heavy (non-hydrogen) atoms. The van der Waals surface area contributed by atoms with Gasteiger partial charge >= 0.3 is 25.0 Å². The molecule has 0 atom stereocenters. The van der Waals surface area contributed by atoms with Gasteiger partial charge in [-0.15, -0.1) is 0 Å². The predicted molar refractivity (Wildman–Crippen MR) is 53.7 cm³/mol. The van der Waals surface area contributed by atoms with Crippen LogP contribution in [0, 0.1) is 0 Å². The standard InChI is InChI=1S/C8H12F3O6P/c1-3-15-6(12)18(14,7(13)16-4-2)17-5-8(9,10)11/h3-5H2,1-2H3. The number of carbonyl (C=O) groups excluding carboxylic acids is 2. The van der Waals surface area contributed by atoms with Crippen molar-refractivity contribution < 1.29 is 41.3 Å². The fraction of sp³-hybridized carbons (Fsp3) is 0.750. The third-order valence-corrected chi connectivity index (χ3v) is 3.14. The Morgan fingerprint density at radius 1 is 1.06 bits per heavy atom. The third kappa shape index (κ3) is 5.05. The quantitative estimate of drug-likeness (QED) is 0.700. The van der Waals surface area contributed by atoms with E-state index in [1.54, 1.807) is 0 Å². The second-order valence-electron chi connectivity index (χ2n) is 2.84. The van der Waals surface area contributed by atoms with E-state index in [2.05, 4.69) is 14.0 Å². The van der Waals surface area contributed by atoms with Crippen molar-refractivity contribution in [3.05, 3.63) is 0 Å². The summed E-state index contributed by atoms with van der Waals surface area (Å²) < 4.78 is 60.0. The number of carbonyl (C=O) groups is 2. The van der Waals surface area contributed by atoms with Crippen LogP contribution in [0.4, 0.5) is 22.8 Å². The second kappa shape index (κ2) is 6.75. The molecule has 0 fully saturated rings. The molecule has 10 heteroatoms. The van der Waals surface area contributed by atoms with E-state index >= 15 is 0 Å². The average Bonchev–Trinajstić information content (AvgIpc) is 2.25. The minimum absolute atomic E-state index is 0.266. The molecule has 0 bridgehead atoms. The Bertz CT molecular complexity index is 331. The average molecular weight is 292 g/mol. The number of hydrogen-bond acceptors (Lipinski definition) is 6. The molecule has 0 aromatic heterocycles. The maximum absolute atomic E-state index is 11.9. The molecule has 106 valence electrons.